The summed E-state index contributed by atoms with van der Waals surface area (Å²) in [5, 5.41) is 6.79. The molecule has 0 aliphatic carbocycles. The van der Waals surface area contributed by atoms with Crippen molar-refractivity contribution in [1.29, 1.82) is 0 Å². The van der Waals surface area contributed by atoms with Crippen molar-refractivity contribution in [2.24, 2.45) is 5.10 Å². The maximum absolute atomic E-state index is 12.1. The first-order chi connectivity index (χ1) is 15.9. The first-order valence-electron chi connectivity index (χ1n) is 10.1. The van der Waals surface area contributed by atoms with Gasteiger partial charge in [-0.25, -0.2) is 10.2 Å². The van der Waals surface area contributed by atoms with Gasteiger partial charge < -0.3 is 14.8 Å². The largest absolute Gasteiger partial charge is 0.490 e. The van der Waals surface area contributed by atoms with Crippen LogP contribution in [0.2, 0.25) is 0 Å². The maximum atomic E-state index is 12.1. The normalized spacial score (nSPS) is 10.8. The van der Waals surface area contributed by atoms with Crippen LogP contribution in [0.3, 0.4) is 0 Å². The van der Waals surface area contributed by atoms with Gasteiger partial charge in [-0.15, -0.1) is 0 Å². The zero-order valence-electron chi connectivity index (χ0n) is 18.0. The number of aryl methyl sites for hydroxylation is 1. The van der Waals surface area contributed by atoms with Crippen molar-refractivity contribution in [3.05, 3.63) is 84.7 Å². The highest BCUT2D eigenvalue weighted by atomic mass is 79.9. The summed E-state index contributed by atoms with van der Waals surface area (Å²) in [6, 6.07) is 16.7. The van der Waals surface area contributed by atoms with Crippen LogP contribution in [-0.4, -0.2) is 18.9 Å². The second-order valence-electron chi connectivity index (χ2n) is 6.96. The molecule has 0 saturated carbocycles. The summed E-state index contributed by atoms with van der Waals surface area (Å²) in [5.74, 6) is 1.20. The second-order valence-corrected chi connectivity index (χ2v) is 9.58. The number of halogens is 3. The van der Waals surface area contributed by atoms with Crippen molar-refractivity contribution in [2.75, 3.05) is 11.9 Å². The molecule has 0 spiro atoms. The summed E-state index contributed by atoms with van der Waals surface area (Å²) in [5.41, 5.74) is 5.94. The Morgan fingerprint density at radius 2 is 1.70 bits per heavy atom. The number of urea groups is 1. The van der Waals surface area contributed by atoms with E-state index in [-0.39, 0.29) is 0 Å². The third kappa shape index (κ3) is 7.58. The number of carbonyl (C=O) groups excluding carboxylic acids is 1. The van der Waals surface area contributed by atoms with Crippen molar-refractivity contribution in [1.82, 2.24) is 5.43 Å². The number of ether oxygens (including phenoxy) is 2. The van der Waals surface area contributed by atoms with Gasteiger partial charge in [0, 0.05) is 24.7 Å². The number of rotatable bonds is 8. The summed E-state index contributed by atoms with van der Waals surface area (Å²) in [7, 11) is 0. The first-order valence-corrected chi connectivity index (χ1v) is 12.4. The van der Waals surface area contributed by atoms with Gasteiger partial charge in [-0.2, -0.15) is 5.10 Å². The molecule has 0 heterocycles. The average Bonchev–Trinajstić information content (AvgIpc) is 2.78. The summed E-state index contributed by atoms with van der Waals surface area (Å²) in [6.07, 6.45) is 1.54. The van der Waals surface area contributed by atoms with Gasteiger partial charge in [0.05, 0.1) is 12.8 Å². The topological polar surface area (TPSA) is 72.0 Å². The van der Waals surface area contributed by atoms with Gasteiger partial charge in [0.1, 0.15) is 6.61 Å². The van der Waals surface area contributed by atoms with E-state index in [1.54, 1.807) is 6.07 Å². The smallest absolute Gasteiger partial charge is 0.339 e. The summed E-state index contributed by atoms with van der Waals surface area (Å²) >= 11 is 10.4. The number of hydrogen-bond acceptors (Lipinski definition) is 4. The predicted octanol–water partition coefficient (Wildman–Crippen LogP) is 7.42. The molecule has 0 aliphatic rings. The Hall–Kier alpha value is -2.36. The van der Waals surface area contributed by atoms with Gasteiger partial charge in [0.15, 0.2) is 11.5 Å². The fourth-order valence-electron chi connectivity index (χ4n) is 2.81. The zero-order valence-corrected chi connectivity index (χ0v) is 22.8. The third-order valence-corrected chi connectivity index (χ3v) is 6.56. The Kier molecular flexibility index (Phi) is 9.34. The van der Waals surface area contributed by atoms with Crippen LogP contribution >= 0.6 is 47.8 Å². The van der Waals surface area contributed by atoms with Gasteiger partial charge in [0.25, 0.3) is 0 Å². The number of benzene rings is 3. The number of anilines is 1. The molecular formula is C24H22Br3N3O3. The van der Waals surface area contributed by atoms with Gasteiger partial charge in [-0.3, -0.25) is 0 Å². The highest BCUT2D eigenvalue weighted by molar-refractivity contribution is 9.11. The molecule has 0 bridgehead atoms. The van der Waals surface area contributed by atoms with Gasteiger partial charge in [0.2, 0.25) is 0 Å². The minimum absolute atomic E-state index is 0.407. The van der Waals surface area contributed by atoms with Crippen LogP contribution in [0.5, 0.6) is 11.5 Å². The van der Waals surface area contributed by atoms with Crippen LogP contribution in [0.4, 0.5) is 10.5 Å². The third-order valence-electron chi connectivity index (χ3n) is 4.46. The Labute approximate surface area is 218 Å². The number of hydrazone groups is 1. The Morgan fingerprint density at radius 1 is 0.970 bits per heavy atom. The highest BCUT2D eigenvalue weighted by Gasteiger charge is 2.11. The molecule has 2 N–H and O–H groups in total. The minimum atomic E-state index is -0.441. The Bertz CT molecular complexity index is 1150. The average molecular weight is 640 g/mol. The standard InChI is InChI=1S/C24H22Br3N3O3/c1-3-32-22-11-17(13-28-30-24(31)29-19-8-9-20(26)15(2)10-19)21(27)12-23(22)33-14-16-4-6-18(25)7-5-16/h4-13H,3,14H2,1-2H3,(H2,29,30,31)/b28-13+. The van der Waals surface area contributed by atoms with E-state index in [2.05, 4.69) is 63.6 Å². The maximum Gasteiger partial charge on any atom is 0.339 e. The molecule has 2 amide bonds. The van der Waals surface area contributed by atoms with E-state index in [4.69, 9.17) is 9.47 Å². The molecule has 6 nitrogen and oxygen atoms in total. The van der Waals surface area contributed by atoms with Crippen molar-refractivity contribution in [3.63, 3.8) is 0 Å². The SMILES string of the molecule is CCOc1cc(/C=N/NC(=O)Nc2ccc(Br)c(C)c2)c(Br)cc1OCc1ccc(Br)cc1. The van der Waals surface area contributed by atoms with Crippen molar-refractivity contribution < 1.29 is 14.3 Å². The molecule has 172 valence electrons. The van der Waals surface area contributed by atoms with E-state index >= 15 is 0 Å². The monoisotopic (exact) mass is 637 g/mol. The lowest BCUT2D eigenvalue weighted by molar-refractivity contribution is 0.252. The lowest BCUT2D eigenvalue weighted by Crippen LogP contribution is -2.24. The molecule has 0 radical (unpaired) electrons. The van der Waals surface area contributed by atoms with Crippen LogP contribution in [0, 0.1) is 6.92 Å². The molecule has 33 heavy (non-hydrogen) atoms. The second kappa shape index (κ2) is 12.2. The summed E-state index contributed by atoms with van der Waals surface area (Å²) < 4.78 is 14.5. The van der Waals surface area contributed by atoms with Gasteiger partial charge in [-0.05, 0) is 83.4 Å². The molecule has 3 rings (SSSR count). The molecule has 3 aromatic carbocycles. The molecule has 0 atom stereocenters. The highest BCUT2D eigenvalue weighted by Crippen LogP contribution is 2.34. The van der Waals surface area contributed by atoms with Gasteiger partial charge >= 0.3 is 6.03 Å². The fraction of sp³-hybridized carbons (Fsp3) is 0.167. The van der Waals surface area contributed by atoms with E-state index < -0.39 is 6.03 Å². The van der Waals surface area contributed by atoms with Crippen LogP contribution < -0.4 is 20.2 Å². The molecule has 3 aromatic rings. The Morgan fingerprint density at radius 3 is 2.39 bits per heavy atom. The fourth-order valence-corrected chi connectivity index (χ4v) is 3.75. The number of carbonyl (C=O) groups is 1. The van der Waals surface area contributed by atoms with Crippen molar-refractivity contribution >= 4 is 65.7 Å². The van der Waals surface area contributed by atoms with Gasteiger partial charge in [-0.1, -0.05) is 44.0 Å². The number of nitrogens with one attached hydrogen (secondary N) is 2. The van der Waals surface area contributed by atoms with E-state index in [9.17, 15) is 4.79 Å². The van der Waals surface area contributed by atoms with Crippen LogP contribution in [0.25, 0.3) is 0 Å². The van der Waals surface area contributed by atoms with E-state index in [1.807, 2.05) is 62.4 Å². The predicted molar refractivity (Wildman–Crippen MR) is 142 cm³/mol. The number of nitrogens with zero attached hydrogens (tertiary/aromatic N) is 1. The summed E-state index contributed by atoms with van der Waals surface area (Å²) in [6.45, 7) is 4.75. The molecule has 0 unspecified atom stereocenters. The van der Waals surface area contributed by atoms with E-state index in [1.165, 1.54) is 6.21 Å². The van der Waals surface area contributed by atoms with Crippen LogP contribution in [-0.2, 0) is 6.61 Å². The van der Waals surface area contributed by atoms with Crippen molar-refractivity contribution in [2.45, 2.75) is 20.5 Å². The number of amides is 2. The molecule has 0 aliphatic heterocycles. The Balaban J connectivity index is 1.65. The number of hydrogen-bond donors (Lipinski definition) is 2. The van der Waals surface area contributed by atoms with Crippen LogP contribution in [0.1, 0.15) is 23.6 Å². The quantitative estimate of drug-likeness (QED) is 0.199. The molecule has 0 fully saturated rings. The minimum Gasteiger partial charge on any atom is -0.490 e. The molecule has 0 saturated heterocycles. The molecule has 0 aromatic heterocycles. The van der Waals surface area contributed by atoms with Crippen molar-refractivity contribution in [3.8, 4) is 11.5 Å². The first kappa shape index (κ1) is 25.3. The molecular weight excluding hydrogens is 618 g/mol. The van der Waals surface area contributed by atoms with E-state index in [0.29, 0.717) is 30.4 Å². The lowest BCUT2D eigenvalue weighted by Gasteiger charge is -2.14. The lowest BCUT2D eigenvalue weighted by atomic mass is 10.2. The zero-order chi connectivity index (χ0) is 23.8. The van der Waals surface area contributed by atoms with Crippen LogP contribution in [0.15, 0.2) is 73.1 Å². The summed E-state index contributed by atoms with van der Waals surface area (Å²) in [4.78, 5) is 12.1. The molecule has 9 heteroatoms. The van der Waals surface area contributed by atoms with E-state index in [0.717, 1.165) is 30.1 Å².